The van der Waals surface area contributed by atoms with Gasteiger partial charge in [0.05, 0.1) is 5.69 Å². The van der Waals surface area contributed by atoms with E-state index in [4.69, 9.17) is 0 Å². The van der Waals surface area contributed by atoms with Gasteiger partial charge in [0.1, 0.15) is 0 Å². The van der Waals surface area contributed by atoms with Gasteiger partial charge in [-0.25, -0.2) is 0 Å². The lowest BCUT2D eigenvalue weighted by molar-refractivity contribution is 0.661. The third-order valence-electron chi connectivity index (χ3n) is 9.29. The van der Waals surface area contributed by atoms with Gasteiger partial charge in [0, 0.05) is 22.4 Å². The Kier molecular flexibility index (Phi) is 6.20. The maximum absolute atomic E-state index is 2.38. The predicted octanol–water partition coefficient (Wildman–Crippen LogP) is 11.9. The largest absolute Gasteiger partial charge is 0.310 e. The Morgan fingerprint density at radius 1 is 0.386 bits per heavy atom. The summed E-state index contributed by atoms with van der Waals surface area (Å²) in [5, 5.41) is 2.59. The van der Waals surface area contributed by atoms with Gasteiger partial charge in [0.2, 0.25) is 0 Å². The second-order valence-corrected chi connectivity index (χ2v) is 12.2. The van der Waals surface area contributed by atoms with E-state index in [0.717, 1.165) is 17.1 Å². The van der Waals surface area contributed by atoms with E-state index in [9.17, 15) is 0 Å². The molecule has 8 rings (SSSR count). The molecular weight excluding hydrogens is 530 g/mol. The van der Waals surface area contributed by atoms with Crippen LogP contribution in [-0.2, 0) is 5.41 Å². The maximum Gasteiger partial charge on any atom is 0.0540 e. The third kappa shape index (κ3) is 4.16. The number of anilines is 3. The van der Waals surface area contributed by atoms with Crippen LogP contribution in [0.3, 0.4) is 0 Å². The van der Waals surface area contributed by atoms with Crippen LogP contribution in [0.25, 0.3) is 44.2 Å². The second kappa shape index (κ2) is 10.4. The van der Waals surface area contributed by atoms with Gasteiger partial charge < -0.3 is 4.90 Å². The molecule has 0 spiro atoms. The zero-order valence-corrected chi connectivity index (χ0v) is 25.0. The molecule has 0 radical (unpaired) electrons. The number of fused-ring (bicyclic) bond motifs is 5. The van der Waals surface area contributed by atoms with E-state index in [-0.39, 0.29) is 5.41 Å². The van der Waals surface area contributed by atoms with Gasteiger partial charge in [0.25, 0.3) is 0 Å². The van der Waals surface area contributed by atoms with Gasteiger partial charge >= 0.3 is 0 Å². The Morgan fingerprint density at radius 2 is 0.977 bits per heavy atom. The number of rotatable bonds is 5. The first kappa shape index (κ1) is 26.2. The molecule has 1 heteroatoms. The molecule has 1 aliphatic rings. The van der Waals surface area contributed by atoms with Gasteiger partial charge in [-0.3, -0.25) is 0 Å². The van der Waals surface area contributed by atoms with Gasteiger partial charge in [-0.2, -0.15) is 0 Å². The van der Waals surface area contributed by atoms with E-state index < -0.39 is 0 Å². The smallest absolute Gasteiger partial charge is 0.0540 e. The second-order valence-electron chi connectivity index (χ2n) is 12.2. The highest BCUT2D eigenvalue weighted by Gasteiger charge is 2.36. The van der Waals surface area contributed by atoms with Crippen LogP contribution in [0.1, 0.15) is 25.0 Å². The third-order valence-corrected chi connectivity index (χ3v) is 9.29. The maximum atomic E-state index is 2.38. The van der Waals surface area contributed by atoms with Crippen LogP contribution in [0.5, 0.6) is 0 Å². The average Bonchev–Trinajstić information content (AvgIpc) is 3.32. The first-order valence-corrected chi connectivity index (χ1v) is 15.4. The fraction of sp³-hybridized carbons (Fsp3) is 0.0698. The fourth-order valence-electron chi connectivity index (χ4n) is 7.13. The van der Waals surface area contributed by atoms with Crippen LogP contribution in [-0.4, -0.2) is 0 Å². The number of hydrogen-bond acceptors (Lipinski definition) is 1. The summed E-state index contributed by atoms with van der Waals surface area (Å²) >= 11 is 0. The minimum Gasteiger partial charge on any atom is -0.310 e. The van der Waals surface area contributed by atoms with E-state index in [0.29, 0.717) is 0 Å². The van der Waals surface area contributed by atoms with Crippen molar-refractivity contribution in [2.45, 2.75) is 19.3 Å². The van der Waals surface area contributed by atoms with Crippen molar-refractivity contribution in [1.82, 2.24) is 0 Å². The van der Waals surface area contributed by atoms with Crippen molar-refractivity contribution < 1.29 is 0 Å². The lowest BCUT2D eigenvalue weighted by Gasteiger charge is -2.28. The molecule has 7 aromatic rings. The summed E-state index contributed by atoms with van der Waals surface area (Å²) in [4.78, 5) is 2.38. The number of para-hydroxylation sites is 2. The Bertz CT molecular complexity index is 2120. The summed E-state index contributed by atoms with van der Waals surface area (Å²) < 4.78 is 0. The van der Waals surface area contributed by atoms with Crippen LogP contribution in [0.15, 0.2) is 164 Å². The molecule has 0 heterocycles. The highest BCUT2D eigenvalue weighted by Crippen LogP contribution is 2.52. The van der Waals surface area contributed by atoms with Crippen LogP contribution in [0, 0.1) is 0 Å². The van der Waals surface area contributed by atoms with Gasteiger partial charge in [0.15, 0.2) is 0 Å². The topological polar surface area (TPSA) is 3.24 Å². The summed E-state index contributed by atoms with van der Waals surface area (Å²) in [5.74, 6) is 0. The van der Waals surface area contributed by atoms with E-state index >= 15 is 0 Å². The van der Waals surface area contributed by atoms with Crippen LogP contribution in [0.4, 0.5) is 17.1 Å². The molecule has 44 heavy (non-hydrogen) atoms. The number of nitrogens with zero attached hydrogens (tertiary/aromatic N) is 1. The zero-order chi connectivity index (χ0) is 29.7. The Morgan fingerprint density at radius 3 is 1.75 bits per heavy atom. The lowest BCUT2D eigenvalue weighted by atomic mass is 9.81. The molecule has 0 saturated heterocycles. The van der Waals surface area contributed by atoms with Crippen molar-refractivity contribution in [3.63, 3.8) is 0 Å². The summed E-state index contributed by atoms with van der Waals surface area (Å²) in [6, 6.07) is 59.4. The summed E-state index contributed by atoms with van der Waals surface area (Å²) in [6.07, 6.45) is 0. The highest BCUT2D eigenvalue weighted by molar-refractivity contribution is 6.09. The van der Waals surface area contributed by atoms with Crippen molar-refractivity contribution in [2.24, 2.45) is 0 Å². The molecular formula is C43H33N. The molecule has 0 aliphatic heterocycles. The summed E-state index contributed by atoms with van der Waals surface area (Å²) in [7, 11) is 0. The average molecular weight is 564 g/mol. The number of benzene rings is 7. The SMILES string of the molecule is CC1(C)c2ccccc2-c2c1ccc1c(-c3ccccc3N(c3ccccc3)c3ccc(-c4ccccc4)cc3)cccc21. The van der Waals surface area contributed by atoms with Crippen molar-refractivity contribution in [3.8, 4) is 33.4 Å². The van der Waals surface area contributed by atoms with E-state index in [1.807, 2.05) is 0 Å². The molecule has 0 aromatic heterocycles. The van der Waals surface area contributed by atoms with Gasteiger partial charge in [-0.1, -0.05) is 147 Å². The molecule has 0 unspecified atom stereocenters. The van der Waals surface area contributed by atoms with Crippen molar-refractivity contribution >= 4 is 27.8 Å². The molecule has 1 nitrogen and oxygen atoms in total. The zero-order valence-electron chi connectivity index (χ0n) is 25.0. The van der Waals surface area contributed by atoms with Crippen molar-refractivity contribution in [2.75, 3.05) is 4.90 Å². The Labute approximate surface area is 259 Å². The minimum absolute atomic E-state index is 0.0238. The first-order chi connectivity index (χ1) is 21.6. The summed E-state index contributed by atoms with van der Waals surface area (Å²) in [5.41, 5.74) is 13.8. The quantitative estimate of drug-likeness (QED) is 0.201. The molecule has 0 atom stereocenters. The van der Waals surface area contributed by atoms with Crippen LogP contribution < -0.4 is 4.90 Å². The normalized spacial score (nSPS) is 13.0. The van der Waals surface area contributed by atoms with Crippen LogP contribution >= 0.6 is 0 Å². The highest BCUT2D eigenvalue weighted by atomic mass is 15.1. The molecule has 0 N–H and O–H groups in total. The van der Waals surface area contributed by atoms with E-state index in [1.165, 1.54) is 55.3 Å². The van der Waals surface area contributed by atoms with Gasteiger partial charge in [-0.15, -0.1) is 0 Å². The van der Waals surface area contributed by atoms with Gasteiger partial charge in [-0.05, 0) is 80.0 Å². The molecule has 7 aromatic carbocycles. The lowest BCUT2D eigenvalue weighted by Crippen LogP contribution is -2.14. The van der Waals surface area contributed by atoms with Crippen molar-refractivity contribution in [1.29, 1.82) is 0 Å². The fourth-order valence-corrected chi connectivity index (χ4v) is 7.13. The standard InChI is InChI=1S/C43H33N/c1-43(2)39-22-11-9-19-38(39)42-37-21-13-20-34(35(37)28-29-40(42)43)36-18-10-12-23-41(36)44(32-16-7-4-8-17-32)33-26-24-31(25-27-33)30-14-5-3-6-15-30/h3-29H,1-2H3. The molecule has 0 saturated carbocycles. The molecule has 210 valence electrons. The Balaban J connectivity index is 1.32. The molecule has 1 aliphatic carbocycles. The molecule has 0 fully saturated rings. The predicted molar refractivity (Wildman–Crippen MR) is 187 cm³/mol. The Hall–Kier alpha value is -5.40. The van der Waals surface area contributed by atoms with Crippen LogP contribution in [0.2, 0.25) is 0 Å². The monoisotopic (exact) mass is 563 g/mol. The molecule has 0 bridgehead atoms. The summed E-state index contributed by atoms with van der Waals surface area (Å²) in [6.45, 7) is 4.70. The van der Waals surface area contributed by atoms with E-state index in [1.54, 1.807) is 0 Å². The minimum atomic E-state index is -0.0238. The number of hydrogen-bond donors (Lipinski definition) is 0. The van der Waals surface area contributed by atoms with E-state index in [2.05, 4.69) is 183 Å². The molecule has 0 amide bonds. The first-order valence-electron chi connectivity index (χ1n) is 15.4. The van der Waals surface area contributed by atoms with Crippen molar-refractivity contribution in [3.05, 3.63) is 175 Å².